The van der Waals surface area contributed by atoms with Crippen LogP contribution in [0.1, 0.15) is 0 Å². The Labute approximate surface area is 248 Å². The van der Waals surface area contributed by atoms with E-state index in [1.54, 1.807) is 0 Å². The summed E-state index contributed by atoms with van der Waals surface area (Å²) in [7, 11) is -1.90. The molecule has 0 unspecified atom stereocenters. The maximum Gasteiger partial charge on any atom is 0.113 e. The van der Waals surface area contributed by atoms with Crippen molar-refractivity contribution in [2.75, 3.05) is 0 Å². The average molecular weight is 554 g/mol. The number of benzene rings is 6. The summed E-state index contributed by atoms with van der Waals surface area (Å²) in [5.41, 5.74) is 12.8. The lowest BCUT2D eigenvalue weighted by Gasteiger charge is -2.20. The molecule has 0 amide bonds. The van der Waals surface area contributed by atoms with Gasteiger partial charge in [0.25, 0.3) is 0 Å². The molecule has 0 N–H and O–H groups in total. The molecule has 1 aliphatic heterocycles. The van der Waals surface area contributed by atoms with Crippen LogP contribution < -0.4 is 10.4 Å². The van der Waals surface area contributed by atoms with Crippen molar-refractivity contribution in [3.63, 3.8) is 0 Å². The highest BCUT2D eigenvalue weighted by molar-refractivity contribution is 7.03. The third-order valence-corrected chi connectivity index (χ3v) is 12.6. The van der Waals surface area contributed by atoms with E-state index < -0.39 is 8.07 Å². The highest BCUT2D eigenvalue weighted by atomic mass is 28.3. The smallest absolute Gasteiger partial charge is 0.113 e. The summed E-state index contributed by atoms with van der Waals surface area (Å²) < 4.78 is 2.40. The zero-order chi connectivity index (χ0) is 28.3. The molecule has 0 fully saturated rings. The monoisotopic (exact) mass is 553 g/mol. The van der Waals surface area contributed by atoms with Gasteiger partial charge >= 0.3 is 0 Å². The van der Waals surface area contributed by atoms with E-state index in [0.717, 1.165) is 0 Å². The molecule has 2 heteroatoms. The molecule has 1 aromatic heterocycles. The molecule has 42 heavy (non-hydrogen) atoms. The van der Waals surface area contributed by atoms with Crippen LogP contribution in [0.2, 0.25) is 13.1 Å². The zero-order valence-corrected chi connectivity index (χ0v) is 24.9. The molecule has 0 aliphatic carbocycles. The summed E-state index contributed by atoms with van der Waals surface area (Å²) >= 11 is 0. The van der Waals surface area contributed by atoms with Crippen molar-refractivity contribution in [1.82, 2.24) is 4.57 Å². The van der Waals surface area contributed by atoms with Gasteiger partial charge in [0.05, 0.1) is 5.52 Å². The number of rotatable bonds is 4. The lowest BCUT2D eigenvalue weighted by molar-refractivity contribution is 1.13. The molecular formula is C40H31NSi. The first kappa shape index (κ1) is 24.8. The molecule has 6 aromatic carbocycles. The molecule has 200 valence electrons. The van der Waals surface area contributed by atoms with Crippen LogP contribution in [0.3, 0.4) is 0 Å². The Morgan fingerprint density at radius 3 is 1.60 bits per heavy atom. The van der Waals surface area contributed by atoms with Crippen LogP contribution in [0.15, 0.2) is 152 Å². The second kappa shape index (κ2) is 9.58. The second-order valence-corrected chi connectivity index (χ2v) is 16.2. The van der Waals surface area contributed by atoms with Crippen molar-refractivity contribution in [1.29, 1.82) is 0 Å². The van der Waals surface area contributed by atoms with Gasteiger partial charge in [-0.25, -0.2) is 0 Å². The molecule has 1 nitrogen and oxygen atoms in total. The van der Waals surface area contributed by atoms with E-state index in [0.29, 0.717) is 0 Å². The number of hydrogen-bond acceptors (Lipinski definition) is 0. The minimum atomic E-state index is -1.90. The highest BCUT2D eigenvalue weighted by Gasteiger charge is 2.38. The van der Waals surface area contributed by atoms with E-state index in [1.807, 2.05) is 0 Å². The largest absolute Gasteiger partial charge is 0.316 e. The fourth-order valence-electron chi connectivity index (χ4n) is 6.79. The molecule has 8 rings (SSSR count). The SMILES string of the molecule is C[Si]1(C)c2cc(-c3ccccc3)ccc2-c2ccc(-n3cc(-c4ccccc4)c4cc(-c5ccccc5)ccc43)cc21. The number of fused-ring (bicyclic) bond motifs is 4. The van der Waals surface area contributed by atoms with E-state index >= 15 is 0 Å². The maximum atomic E-state index is 2.51. The first-order chi connectivity index (χ1) is 20.6. The predicted molar refractivity (Wildman–Crippen MR) is 182 cm³/mol. The first-order valence-electron chi connectivity index (χ1n) is 14.7. The minimum absolute atomic E-state index is 1.23. The fourth-order valence-corrected chi connectivity index (χ4v) is 9.89. The standard InChI is InChI=1S/C40H31NSi/c1-42(2)39-25-32(29-14-8-4-9-15-29)18-21-34(39)35-22-20-33(26-40(35)42)41-27-37(30-16-10-5-11-17-30)36-24-31(19-23-38(36)41)28-12-6-3-7-13-28/h3-27H,1-2H3. The van der Waals surface area contributed by atoms with Crippen LogP contribution in [-0.4, -0.2) is 12.6 Å². The van der Waals surface area contributed by atoms with Gasteiger partial charge in [-0.2, -0.15) is 0 Å². The van der Waals surface area contributed by atoms with E-state index in [-0.39, 0.29) is 0 Å². The van der Waals surface area contributed by atoms with Crippen LogP contribution in [0.4, 0.5) is 0 Å². The van der Waals surface area contributed by atoms with Crippen molar-refractivity contribution in [2.45, 2.75) is 13.1 Å². The summed E-state index contributed by atoms with van der Waals surface area (Å²) in [5.74, 6) is 0. The topological polar surface area (TPSA) is 4.93 Å². The summed E-state index contributed by atoms with van der Waals surface area (Å²) in [5, 5.41) is 4.32. The number of aromatic nitrogens is 1. The molecule has 0 radical (unpaired) electrons. The van der Waals surface area contributed by atoms with E-state index in [2.05, 4.69) is 169 Å². The molecular weight excluding hydrogens is 523 g/mol. The maximum absolute atomic E-state index is 2.51. The van der Waals surface area contributed by atoms with Gasteiger partial charge < -0.3 is 4.57 Å². The van der Waals surface area contributed by atoms with E-state index in [4.69, 9.17) is 0 Å². The average Bonchev–Trinajstić information content (AvgIpc) is 3.54. The normalized spacial score (nSPS) is 13.2. The van der Waals surface area contributed by atoms with Crippen molar-refractivity contribution in [3.05, 3.63) is 152 Å². The Morgan fingerprint density at radius 1 is 0.429 bits per heavy atom. The molecule has 0 spiro atoms. The highest BCUT2D eigenvalue weighted by Crippen LogP contribution is 2.37. The number of hydrogen-bond donors (Lipinski definition) is 0. The van der Waals surface area contributed by atoms with Gasteiger partial charge in [-0.15, -0.1) is 0 Å². The Kier molecular flexibility index (Phi) is 5.66. The van der Waals surface area contributed by atoms with Crippen LogP contribution >= 0.6 is 0 Å². The summed E-state index contributed by atoms with van der Waals surface area (Å²) in [6, 6.07) is 53.4. The van der Waals surface area contributed by atoms with Gasteiger partial charge in [-0.3, -0.25) is 0 Å². The fraction of sp³-hybridized carbons (Fsp3) is 0.0500. The van der Waals surface area contributed by atoms with Crippen LogP contribution in [0.5, 0.6) is 0 Å². The Bertz CT molecular complexity index is 2090. The lowest BCUT2D eigenvalue weighted by atomic mass is 10.00. The second-order valence-electron chi connectivity index (χ2n) is 11.9. The van der Waals surface area contributed by atoms with Crippen molar-refractivity contribution in [2.24, 2.45) is 0 Å². The van der Waals surface area contributed by atoms with Gasteiger partial charge in [0.15, 0.2) is 0 Å². The quantitative estimate of drug-likeness (QED) is 0.191. The van der Waals surface area contributed by atoms with Crippen molar-refractivity contribution in [3.8, 4) is 50.2 Å². The predicted octanol–water partition coefficient (Wildman–Crippen LogP) is 9.43. The lowest BCUT2D eigenvalue weighted by Crippen LogP contribution is -2.49. The molecule has 0 bridgehead atoms. The Hall–Kier alpha value is -4.92. The molecule has 7 aromatic rings. The van der Waals surface area contributed by atoms with Gasteiger partial charge in [-0.1, -0.05) is 134 Å². The van der Waals surface area contributed by atoms with Crippen molar-refractivity contribution < 1.29 is 0 Å². The Balaban J connectivity index is 1.28. The van der Waals surface area contributed by atoms with Gasteiger partial charge in [-0.05, 0) is 73.6 Å². The third-order valence-electron chi connectivity index (χ3n) is 9.04. The molecule has 2 heterocycles. The zero-order valence-electron chi connectivity index (χ0n) is 23.9. The van der Waals surface area contributed by atoms with Gasteiger partial charge in [0, 0.05) is 22.8 Å². The number of nitrogens with zero attached hydrogens (tertiary/aromatic N) is 1. The molecule has 0 atom stereocenters. The minimum Gasteiger partial charge on any atom is -0.316 e. The first-order valence-corrected chi connectivity index (χ1v) is 17.7. The third kappa shape index (κ3) is 3.91. The summed E-state index contributed by atoms with van der Waals surface area (Å²) in [6.07, 6.45) is 2.33. The van der Waals surface area contributed by atoms with Gasteiger partial charge in [0.1, 0.15) is 8.07 Å². The summed E-state index contributed by atoms with van der Waals surface area (Å²) in [6.45, 7) is 5.01. The van der Waals surface area contributed by atoms with E-state index in [9.17, 15) is 0 Å². The van der Waals surface area contributed by atoms with Crippen LogP contribution in [0, 0.1) is 0 Å². The van der Waals surface area contributed by atoms with Crippen LogP contribution in [0.25, 0.3) is 61.1 Å². The molecule has 0 saturated carbocycles. The molecule has 0 saturated heterocycles. The van der Waals surface area contributed by atoms with E-state index in [1.165, 1.54) is 71.5 Å². The summed E-state index contributed by atoms with van der Waals surface area (Å²) in [4.78, 5) is 0. The van der Waals surface area contributed by atoms with Crippen molar-refractivity contribution >= 4 is 29.4 Å². The van der Waals surface area contributed by atoms with Crippen LogP contribution in [-0.2, 0) is 0 Å². The molecule has 1 aliphatic rings. The Morgan fingerprint density at radius 2 is 0.952 bits per heavy atom. The van der Waals surface area contributed by atoms with Gasteiger partial charge in [0.2, 0.25) is 0 Å².